The molecule has 0 unspecified atom stereocenters. The van der Waals surface area contributed by atoms with Gasteiger partial charge in [0.25, 0.3) is 0 Å². The van der Waals surface area contributed by atoms with E-state index >= 15 is 0 Å². The molecule has 1 aromatic heterocycles. The van der Waals surface area contributed by atoms with E-state index in [1.807, 2.05) is 6.08 Å². The highest BCUT2D eigenvalue weighted by Crippen LogP contribution is 2.07. The maximum absolute atomic E-state index is 5.69. The van der Waals surface area contributed by atoms with Gasteiger partial charge in [-0.1, -0.05) is 17.7 Å². The molecule has 1 N–H and O–H groups in total. The third-order valence-corrected chi connectivity index (χ3v) is 1.86. The van der Waals surface area contributed by atoms with Gasteiger partial charge in [0.1, 0.15) is 17.3 Å². The highest BCUT2D eigenvalue weighted by molar-refractivity contribution is 6.29. The molecule has 0 saturated heterocycles. The number of anilines is 1. The Morgan fingerprint density at radius 3 is 3.07 bits per heavy atom. The highest BCUT2D eigenvalue weighted by Gasteiger charge is 1.94. The molecule has 15 heavy (non-hydrogen) atoms. The van der Waals surface area contributed by atoms with Crippen molar-refractivity contribution in [1.29, 1.82) is 0 Å². The smallest absolute Gasteiger partial charge is 0.134 e. The summed E-state index contributed by atoms with van der Waals surface area (Å²) in [5.41, 5.74) is 0. The average molecular weight is 228 g/mol. The normalized spacial score (nSPS) is 9.93. The Hall–Kier alpha value is -1.13. The van der Waals surface area contributed by atoms with Gasteiger partial charge in [0, 0.05) is 12.6 Å². The number of nitrogens with one attached hydrogen (secondary N) is 1. The van der Waals surface area contributed by atoms with Gasteiger partial charge in [-0.05, 0) is 6.42 Å². The Balaban J connectivity index is 2.12. The Bertz CT molecular complexity index is 306. The summed E-state index contributed by atoms with van der Waals surface area (Å²) in [4.78, 5) is 7.78. The first-order valence-corrected chi connectivity index (χ1v) is 5.11. The second-order valence-electron chi connectivity index (χ2n) is 2.84. The van der Waals surface area contributed by atoms with E-state index < -0.39 is 0 Å². The Labute approximate surface area is 94.3 Å². The molecular formula is C10H14ClN3O. The van der Waals surface area contributed by atoms with Crippen LogP contribution in [0.3, 0.4) is 0 Å². The maximum atomic E-state index is 5.69. The third kappa shape index (κ3) is 5.34. The summed E-state index contributed by atoms with van der Waals surface area (Å²) in [5, 5.41) is 3.51. The van der Waals surface area contributed by atoms with Crippen LogP contribution >= 0.6 is 11.6 Å². The maximum Gasteiger partial charge on any atom is 0.134 e. The summed E-state index contributed by atoms with van der Waals surface area (Å²) < 4.78 is 5.32. The van der Waals surface area contributed by atoms with E-state index in [0.29, 0.717) is 30.7 Å². The van der Waals surface area contributed by atoms with E-state index in [1.54, 1.807) is 6.07 Å². The minimum Gasteiger partial charge on any atom is -0.379 e. The monoisotopic (exact) mass is 227 g/mol. The molecule has 0 aromatic carbocycles. The topological polar surface area (TPSA) is 47.0 Å². The first-order valence-electron chi connectivity index (χ1n) is 4.73. The standard InChI is InChI=1S/C10H14ClN3O/c1-2-3-5-15-6-4-12-10-7-9(11)13-8-14-10/h2,7-8H,1,3-6H2,(H,12,13,14). The van der Waals surface area contributed by atoms with Gasteiger partial charge in [0.2, 0.25) is 0 Å². The zero-order valence-electron chi connectivity index (χ0n) is 8.45. The predicted octanol–water partition coefficient (Wildman–Crippen LogP) is 2.13. The van der Waals surface area contributed by atoms with E-state index in [0.717, 1.165) is 6.42 Å². The van der Waals surface area contributed by atoms with Crippen LogP contribution in [0.2, 0.25) is 5.15 Å². The molecule has 0 atom stereocenters. The van der Waals surface area contributed by atoms with Crippen molar-refractivity contribution in [1.82, 2.24) is 9.97 Å². The van der Waals surface area contributed by atoms with Crippen molar-refractivity contribution in [3.05, 3.63) is 30.2 Å². The molecule has 82 valence electrons. The van der Waals surface area contributed by atoms with Crippen LogP contribution in [0, 0.1) is 0 Å². The summed E-state index contributed by atoms with van der Waals surface area (Å²) >= 11 is 5.69. The number of nitrogens with zero attached hydrogens (tertiary/aromatic N) is 2. The molecule has 0 aliphatic rings. The summed E-state index contributed by atoms with van der Waals surface area (Å²) in [6.45, 7) is 5.65. The lowest BCUT2D eigenvalue weighted by Gasteiger charge is -2.05. The van der Waals surface area contributed by atoms with Crippen molar-refractivity contribution >= 4 is 17.4 Å². The number of halogens is 1. The quantitative estimate of drug-likeness (QED) is 0.441. The lowest BCUT2D eigenvalue weighted by Crippen LogP contribution is -2.10. The van der Waals surface area contributed by atoms with Gasteiger partial charge in [-0.25, -0.2) is 9.97 Å². The van der Waals surface area contributed by atoms with Crippen molar-refractivity contribution in [2.45, 2.75) is 6.42 Å². The minimum absolute atomic E-state index is 0.431. The molecule has 0 aliphatic heterocycles. The molecule has 0 aliphatic carbocycles. The summed E-state index contributed by atoms with van der Waals surface area (Å²) in [6, 6.07) is 1.67. The fourth-order valence-electron chi connectivity index (χ4n) is 0.950. The van der Waals surface area contributed by atoms with Crippen LogP contribution in [0.25, 0.3) is 0 Å². The average Bonchev–Trinajstić information content (AvgIpc) is 2.23. The SMILES string of the molecule is C=CCCOCCNc1cc(Cl)ncn1. The zero-order valence-corrected chi connectivity index (χ0v) is 9.20. The highest BCUT2D eigenvalue weighted by atomic mass is 35.5. The molecule has 4 nitrogen and oxygen atoms in total. The minimum atomic E-state index is 0.431. The second kappa shape index (κ2) is 7.20. The van der Waals surface area contributed by atoms with E-state index in [9.17, 15) is 0 Å². The first-order chi connectivity index (χ1) is 7.33. The summed E-state index contributed by atoms with van der Waals surface area (Å²) in [6.07, 6.45) is 4.13. The van der Waals surface area contributed by atoms with Gasteiger partial charge in [-0.15, -0.1) is 6.58 Å². The van der Waals surface area contributed by atoms with Crippen LogP contribution in [0.5, 0.6) is 0 Å². The van der Waals surface area contributed by atoms with Crippen LogP contribution in [0.4, 0.5) is 5.82 Å². The Morgan fingerprint density at radius 1 is 1.47 bits per heavy atom. The Morgan fingerprint density at radius 2 is 2.33 bits per heavy atom. The third-order valence-electron chi connectivity index (χ3n) is 1.65. The number of hydrogen-bond donors (Lipinski definition) is 1. The van der Waals surface area contributed by atoms with Crippen molar-refractivity contribution < 1.29 is 4.74 Å². The summed E-state index contributed by atoms with van der Waals surface area (Å²) in [5.74, 6) is 0.710. The molecule has 5 heteroatoms. The molecule has 1 aromatic rings. The molecule has 0 radical (unpaired) electrons. The molecule has 0 amide bonds. The fraction of sp³-hybridized carbons (Fsp3) is 0.400. The number of aromatic nitrogens is 2. The number of hydrogen-bond acceptors (Lipinski definition) is 4. The van der Waals surface area contributed by atoms with E-state index in [1.165, 1.54) is 6.33 Å². The van der Waals surface area contributed by atoms with Crippen molar-refractivity contribution in [2.24, 2.45) is 0 Å². The lowest BCUT2D eigenvalue weighted by atomic mass is 10.4. The van der Waals surface area contributed by atoms with Gasteiger partial charge in [0.05, 0.1) is 13.2 Å². The van der Waals surface area contributed by atoms with E-state index in [2.05, 4.69) is 21.9 Å². The van der Waals surface area contributed by atoms with Gasteiger partial charge >= 0.3 is 0 Å². The molecule has 0 saturated carbocycles. The lowest BCUT2D eigenvalue weighted by molar-refractivity contribution is 0.149. The fourth-order valence-corrected chi connectivity index (χ4v) is 1.10. The number of ether oxygens (including phenoxy) is 1. The van der Waals surface area contributed by atoms with Crippen molar-refractivity contribution in [3.8, 4) is 0 Å². The van der Waals surface area contributed by atoms with Gasteiger partial charge in [-0.3, -0.25) is 0 Å². The van der Waals surface area contributed by atoms with Crippen molar-refractivity contribution in [3.63, 3.8) is 0 Å². The molecule has 1 rings (SSSR count). The first kappa shape index (κ1) is 11.9. The molecule has 0 spiro atoms. The zero-order chi connectivity index (χ0) is 10.9. The number of rotatable bonds is 7. The predicted molar refractivity (Wildman–Crippen MR) is 61.2 cm³/mol. The Kier molecular flexibility index (Phi) is 5.73. The largest absolute Gasteiger partial charge is 0.379 e. The van der Waals surface area contributed by atoms with Crippen LogP contribution in [-0.4, -0.2) is 29.7 Å². The molecule has 0 bridgehead atoms. The van der Waals surface area contributed by atoms with Crippen molar-refractivity contribution in [2.75, 3.05) is 25.1 Å². The van der Waals surface area contributed by atoms with Crippen LogP contribution in [0.15, 0.2) is 25.0 Å². The molecular weight excluding hydrogens is 214 g/mol. The molecule has 1 heterocycles. The molecule has 0 fully saturated rings. The van der Waals surface area contributed by atoms with Gasteiger partial charge < -0.3 is 10.1 Å². The van der Waals surface area contributed by atoms with Crippen LogP contribution < -0.4 is 5.32 Å². The summed E-state index contributed by atoms with van der Waals surface area (Å²) in [7, 11) is 0. The second-order valence-corrected chi connectivity index (χ2v) is 3.23. The van der Waals surface area contributed by atoms with E-state index in [4.69, 9.17) is 16.3 Å². The van der Waals surface area contributed by atoms with Gasteiger partial charge in [0.15, 0.2) is 0 Å². The van der Waals surface area contributed by atoms with Crippen LogP contribution in [0.1, 0.15) is 6.42 Å². The van der Waals surface area contributed by atoms with E-state index in [-0.39, 0.29) is 0 Å². The van der Waals surface area contributed by atoms with Gasteiger partial charge in [-0.2, -0.15) is 0 Å². The van der Waals surface area contributed by atoms with Crippen LogP contribution in [-0.2, 0) is 4.74 Å².